The molecular formula is C7H14BrO2S. The molecule has 0 aromatic heterocycles. The van der Waals surface area contributed by atoms with E-state index in [1.54, 1.807) is 0 Å². The van der Waals surface area contributed by atoms with Gasteiger partial charge in [0.25, 0.3) is 0 Å². The van der Waals surface area contributed by atoms with Gasteiger partial charge in [0.1, 0.15) is 10.7 Å². The molecule has 0 spiro atoms. The topological polar surface area (TPSA) is 34.1 Å². The van der Waals surface area contributed by atoms with Crippen LogP contribution in [-0.2, 0) is 10.7 Å². The third-order valence-corrected chi connectivity index (χ3v) is 3.19. The van der Waals surface area contributed by atoms with E-state index in [4.69, 9.17) is 0 Å². The molecule has 0 aromatic carbocycles. The minimum absolute atomic E-state index is 0.0372. The number of hydrogen-bond acceptors (Lipinski definition) is 2. The van der Waals surface area contributed by atoms with Crippen molar-refractivity contribution in [2.45, 2.75) is 31.0 Å². The minimum Gasteiger partial charge on any atom is -0.232 e. The van der Waals surface area contributed by atoms with Crippen molar-refractivity contribution in [3.8, 4) is 0 Å². The lowest BCUT2D eigenvalue weighted by Crippen LogP contribution is -2.06. The first-order valence-corrected chi connectivity index (χ1v) is 6.03. The molecule has 1 atom stereocenters. The van der Waals surface area contributed by atoms with Gasteiger partial charge in [0.05, 0.1) is 5.75 Å². The Kier molecular flexibility index (Phi) is 7.38. The number of thiol groups is 1. The van der Waals surface area contributed by atoms with E-state index in [0.29, 0.717) is 0 Å². The van der Waals surface area contributed by atoms with Crippen LogP contribution in [-0.4, -0.2) is 19.0 Å². The molecule has 0 rings (SSSR count). The Hall–Kier alpha value is 0.430. The summed E-state index contributed by atoms with van der Waals surface area (Å²) in [5.74, 6) is 0.221. The standard InChI is InChI=1S/C7H14BrO2S/c1-2-3-4-5-7(8)6-11(9)10/h5,7,11H,2-4,6H2,1H3. The van der Waals surface area contributed by atoms with Crippen molar-refractivity contribution < 1.29 is 8.42 Å². The number of alkyl halides is 1. The molecular weight excluding hydrogens is 228 g/mol. The van der Waals surface area contributed by atoms with Crippen LogP contribution in [0.2, 0.25) is 0 Å². The molecule has 0 bridgehead atoms. The van der Waals surface area contributed by atoms with Crippen molar-refractivity contribution in [1.82, 2.24) is 0 Å². The highest BCUT2D eigenvalue weighted by atomic mass is 79.9. The molecule has 67 valence electrons. The molecule has 0 saturated carbocycles. The Morgan fingerprint density at radius 2 is 2.18 bits per heavy atom. The summed E-state index contributed by atoms with van der Waals surface area (Å²) in [5, 5.41) is 0. The number of unbranched alkanes of at least 4 members (excludes halogenated alkanes) is 2. The molecule has 0 heterocycles. The first-order chi connectivity index (χ1) is 5.16. The first-order valence-electron chi connectivity index (χ1n) is 3.76. The molecule has 0 aliphatic heterocycles. The maximum Gasteiger partial charge on any atom is 0.141 e. The van der Waals surface area contributed by atoms with Crippen LogP contribution in [0.15, 0.2) is 0 Å². The van der Waals surface area contributed by atoms with Crippen LogP contribution in [0.4, 0.5) is 0 Å². The molecule has 0 N–H and O–H groups in total. The summed E-state index contributed by atoms with van der Waals surface area (Å²) in [6.07, 6.45) is 5.29. The average Bonchev–Trinajstić information content (AvgIpc) is 1.86. The summed E-state index contributed by atoms with van der Waals surface area (Å²) < 4.78 is 20.5. The van der Waals surface area contributed by atoms with Gasteiger partial charge in [0, 0.05) is 4.83 Å². The van der Waals surface area contributed by atoms with E-state index in [1.807, 2.05) is 6.42 Å². The smallest absolute Gasteiger partial charge is 0.141 e. The molecule has 0 aliphatic carbocycles. The molecule has 1 unspecified atom stereocenters. The van der Waals surface area contributed by atoms with Crippen molar-refractivity contribution in [2.75, 3.05) is 5.75 Å². The normalized spacial score (nSPS) is 13.7. The Bertz CT molecular complexity index is 149. The van der Waals surface area contributed by atoms with E-state index in [2.05, 4.69) is 22.9 Å². The lowest BCUT2D eigenvalue weighted by atomic mass is 10.2. The Labute approximate surface area is 78.5 Å². The van der Waals surface area contributed by atoms with Crippen molar-refractivity contribution in [1.29, 1.82) is 0 Å². The van der Waals surface area contributed by atoms with E-state index >= 15 is 0 Å². The first kappa shape index (κ1) is 11.4. The van der Waals surface area contributed by atoms with Gasteiger partial charge in [-0.1, -0.05) is 35.7 Å². The highest BCUT2D eigenvalue weighted by Crippen LogP contribution is 2.09. The second-order valence-electron chi connectivity index (χ2n) is 2.41. The molecule has 0 aliphatic rings. The van der Waals surface area contributed by atoms with Crippen LogP contribution in [0.25, 0.3) is 0 Å². The summed E-state index contributed by atoms with van der Waals surface area (Å²) in [7, 11) is -2.24. The predicted octanol–water partition coefficient (Wildman–Crippen LogP) is 1.76. The van der Waals surface area contributed by atoms with Gasteiger partial charge in [-0.05, 0) is 12.8 Å². The van der Waals surface area contributed by atoms with Gasteiger partial charge in [-0.15, -0.1) is 0 Å². The summed E-state index contributed by atoms with van der Waals surface area (Å²) >= 11 is 3.27. The number of hydrogen-bond donors (Lipinski definition) is 1. The van der Waals surface area contributed by atoms with E-state index in [9.17, 15) is 8.42 Å². The SMILES string of the molecule is CCCC[CH]C(Br)C[SH](=O)=O. The van der Waals surface area contributed by atoms with Crippen LogP contribution < -0.4 is 0 Å². The summed E-state index contributed by atoms with van der Waals surface area (Å²) in [5.41, 5.74) is 0. The highest BCUT2D eigenvalue weighted by molar-refractivity contribution is 9.09. The fraction of sp³-hybridized carbons (Fsp3) is 0.857. The quantitative estimate of drug-likeness (QED) is 0.437. The van der Waals surface area contributed by atoms with E-state index in [-0.39, 0.29) is 10.6 Å². The van der Waals surface area contributed by atoms with Crippen LogP contribution in [0, 0.1) is 6.42 Å². The van der Waals surface area contributed by atoms with Gasteiger partial charge in [-0.3, -0.25) is 0 Å². The zero-order valence-corrected chi connectivity index (χ0v) is 9.11. The van der Waals surface area contributed by atoms with Gasteiger partial charge >= 0.3 is 0 Å². The minimum atomic E-state index is -2.24. The van der Waals surface area contributed by atoms with Crippen LogP contribution in [0.3, 0.4) is 0 Å². The van der Waals surface area contributed by atoms with Crippen LogP contribution in [0.5, 0.6) is 0 Å². The third-order valence-electron chi connectivity index (χ3n) is 1.30. The van der Waals surface area contributed by atoms with Gasteiger partial charge in [0.15, 0.2) is 0 Å². The number of rotatable bonds is 6. The molecule has 11 heavy (non-hydrogen) atoms. The van der Waals surface area contributed by atoms with Gasteiger partial charge in [0.2, 0.25) is 0 Å². The maximum atomic E-state index is 10.2. The van der Waals surface area contributed by atoms with Gasteiger partial charge in [-0.2, -0.15) is 0 Å². The summed E-state index contributed by atoms with van der Waals surface area (Å²) in [6.45, 7) is 2.12. The highest BCUT2D eigenvalue weighted by Gasteiger charge is 2.04. The molecule has 0 aromatic rings. The van der Waals surface area contributed by atoms with Crippen molar-refractivity contribution >= 4 is 26.6 Å². The third kappa shape index (κ3) is 8.34. The molecule has 2 nitrogen and oxygen atoms in total. The molecule has 0 amide bonds. The fourth-order valence-corrected chi connectivity index (χ4v) is 2.13. The van der Waals surface area contributed by atoms with Gasteiger partial charge < -0.3 is 0 Å². The summed E-state index contributed by atoms with van der Waals surface area (Å²) in [6, 6.07) is 0. The number of halogens is 1. The second kappa shape index (κ2) is 7.10. The van der Waals surface area contributed by atoms with E-state index in [1.165, 1.54) is 0 Å². The lowest BCUT2D eigenvalue weighted by molar-refractivity contribution is 0.613. The van der Waals surface area contributed by atoms with Gasteiger partial charge in [-0.25, -0.2) is 8.42 Å². The van der Waals surface area contributed by atoms with Crippen molar-refractivity contribution in [2.24, 2.45) is 0 Å². The largest absolute Gasteiger partial charge is 0.232 e. The second-order valence-corrected chi connectivity index (χ2v) is 4.62. The molecule has 4 heteroatoms. The molecule has 0 saturated heterocycles. The van der Waals surface area contributed by atoms with E-state index in [0.717, 1.165) is 19.3 Å². The maximum absolute atomic E-state index is 10.2. The Morgan fingerprint density at radius 3 is 2.64 bits per heavy atom. The lowest BCUT2D eigenvalue weighted by Gasteiger charge is -2.02. The fourth-order valence-electron chi connectivity index (χ4n) is 0.720. The van der Waals surface area contributed by atoms with Crippen LogP contribution in [0.1, 0.15) is 26.2 Å². The van der Waals surface area contributed by atoms with Crippen molar-refractivity contribution in [3.05, 3.63) is 6.42 Å². The predicted molar refractivity (Wildman–Crippen MR) is 51.7 cm³/mol. The Morgan fingerprint density at radius 1 is 1.55 bits per heavy atom. The zero-order valence-electron chi connectivity index (χ0n) is 6.62. The average molecular weight is 242 g/mol. The zero-order chi connectivity index (χ0) is 8.69. The summed E-state index contributed by atoms with van der Waals surface area (Å²) in [4.78, 5) is 0.0372. The van der Waals surface area contributed by atoms with E-state index < -0.39 is 10.7 Å². The monoisotopic (exact) mass is 241 g/mol. The molecule has 0 fully saturated rings. The Balaban J connectivity index is 3.29. The van der Waals surface area contributed by atoms with Crippen LogP contribution >= 0.6 is 15.9 Å². The van der Waals surface area contributed by atoms with Crippen molar-refractivity contribution in [3.63, 3.8) is 0 Å². The molecule has 1 radical (unpaired) electrons.